The SMILES string of the molecule is CCc1nsc(NCCCC(C)Cl)n1. The van der Waals surface area contributed by atoms with Gasteiger partial charge in [0.25, 0.3) is 0 Å². The van der Waals surface area contributed by atoms with Crippen LogP contribution in [0.1, 0.15) is 32.5 Å². The largest absolute Gasteiger partial charge is 0.360 e. The minimum atomic E-state index is 0.262. The van der Waals surface area contributed by atoms with E-state index in [1.807, 2.05) is 6.92 Å². The molecule has 0 fully saturated rings. The molecular formula is C9H16ClN3S. The van der Waals surface area contributed by atoms with Crippen molar-refractivity contribution in [3.8, 4) is 0 Å². The van der Waals surface area contributed by atoms with Gasteiger partial charge in [0, 0.05) is 29.9 Å². The van der Waals surface area contributed by atoms with Gasteiger partial charge in [0.05, 0.1) is 0 Å². The topological polar surface area (TPSA) is 37.8 Å². The molecule has 0 amide bonds. The molecule has 0 radical (unpaired) electrons. The number of aromatic nitrogens is 2. The first-order valence-electron chi connectivity index (χ1n) is 4.93. The van der Waals surface area contributed by atoms with Crippen molar-refractivity contribution in [2.45, 2.75) is 38.5 Å². The monoisotopic (exact) mass is 233 g/mol. The van der Waals surface area contributed by atoms with E-state index in [2.05, 4.69) is 21.6 Å². The summed E-state index contributed by atoms with van der Waals surface area (Å²) in [5.41, 5.74) is 0. The molecule has 1 heterocycles. The number of aryl methyl sites for hydroxylation is 1. The lowest BCUT2D eigenvalue weighted by molar-refractivity contribution is 0.750. The zero-order chi connectivity index (χ0) is 10.4. The van der Waals surface area contributed by atoms with Gasteiger partial charge in [0.2, 0.25) is 5.13 Å². The summed E-state index contributed by atoms with van der Waals surface area (Å²) in [7, 11) is 0. The molecule has 0 spiro atoms. The number of anilines is 1. The van der Waals surface area contributed by atoms with Crippen LogP contribution in [0.2, 0.25) is 0 Å². The van der Waals surface area contributed by atoms with E-state index in [1.54, 1.807) is 0 Å². The molecule has 0 aliphatic heterocycles. The average molecular weight is 234 g/mol. The Morgan fingerprint density at radius 3 is 2.93 bits per heavy atom. The predicted octanol–water partition coefficient (Wildman–Crippen LogP) is 2.92. The Kier molecular flexibility index (Phi) is 5.19. The maximum atomic E-state index is 5.83. The van der Waals surface area contributed by atoms with E-state index in [0.717, 1.165) is 36.8 Å². The fourth-order valence-corrected chi connectivity index (χ4v) is 1.88. The molecule has 1 atom stereocenters. The molecule has 1 unspecified atom stereocenters. The first kappa shape index (κ1) is 11.7. The highest BCUT2D eigenvalue weighted by Gasteiger charge is 2.01. The highest BCUT2D eigenvalue weighted by atomic mass is 35.5. The first-order valence-corrected chi connectivity index (χ1v) is 6.14. The van der Waals surface area contributed by atoms with Crippen LogP contribution in [0.25, 0.3) is 0 Å². The van der Waals surface area contributed by atoms with E-state index >= 15 is 0 Å². The molecule has 0 saturated heterocycles. The normalized spacial score (nSPS) is 12.8. The Balaban J connectivity index is 2.18. The van der Waals surface area contributed by atoms with Gasteiger partial charge in [0.15, 0.2) is 0 Å². The Bertz CT molecular complexity index is 262. The summed E-state index contributed by atoms with van der Waals surface area (Å²) in [6, 6.07) is 0. The summed E-state index contributed by atoms with van der Waals surface area (Å²) in [5.74, 6) is 0.920. The minimum Gasteiger partial charge on any atom is -0.360 e. The number of hydrogen-bond acceptors (Lipinski definition) is 4. The van der Waals surface area contributed by atoms with Crippen molar-refractivity contribution in [1.29, 1.82) is 0 Å². The Labute approximate surface area is 94.1 Å². The third-order valence-corrected chi connectivity index (χ3v) is 2.77. The van der Waals surface area contributed by atoms with Gasteiger partial charge in [-0.05, 0) is 19.8 Å². The summed E-state index contributed by atoms with van der Waals surface area (Å²) in [4.78, 5) is 4.31. The van der Waals surface area contributed by atoms with Crippen molar-refractivity contribution in [1.82, 2.24) is 9.36 Å². The third kappa shape index (κ3) is 4.24. The summed E-state index contributed by atoms with van der Waals surface area (Å²) in [6.45, 7) is 5.00. The third-order valence-electron chi connectivity index (χ3n) is 1.84. The second kappa shape index (κ2) is 6.19. The van der Waals surface area contributed by atoms with Crippen LogP contribution in [0.15, 0.2) is 0 Å². The van der Waals surface area contributed by atoms with Gasteiger partial charge in [-0.15, -0.1) is 11.6 Å². The van der Waals surface area contributed by atoms with Crippen molar-refractivity contribution in [2.75, 3.05) is 11.9 Å². The van der Waals surface area contributed by atoms with Crippen LogP contribution in [0.3, 0.4) is 0 Å². The molecule has 0 saturated carbocycles. The standard InChI is InChI=1S/C9H16ClN3S/c1-3-8-12-9(14-13-8)11-6-4-5-7(2)10/h7H,3-6H2,1-2H3,(H,11,12,13). The van der Waals surface area contributed by atoms with Crippen molar-refractivity contribution >= 4 is 28.3 Å². The fourth-order valence-electron chi connectivity index (χ4n) is 1.05. The molecular weight excluding hydrogens is 218 g/mol. The maximum Gasteiger partial charge on any atom is 0.202 e. The van der Waals surface area contributed by atoms with Crippen molar-refractivity contribution in [3.05, 3.63) is 5.82 Å². The van der Waals surface area contributed by atoms with Crippen LogP contribution in [-0.2, 0) is 6.42 Å². The van der Waals surface area contributed by atoms with E-state index in [1.165, 1.54) is 11.5 Å². The summed E-state index contributed by atoms with van der Waals surface area (Å²) in [6.07, 6.45) is 3.01. The van der Waals surface area contributed by atoms with Gasteiger partial charge in [-0.25, -0.2) is 4.98 Å². The number of alkyl halides is 1. The number of rotatable bonds is 6. The van der Waals surface area contributed by atoms with Gasteiger partial charge in [-0.3, -0.25) is 0 Å². The minimum absolute atomic E-state index is 0.262. The van der Waals surface area contributed by atoms with Gasteiger partial charge in [0.1, 0.15) is 5.82 Å². The zero-order valence-corrected chi connectivity index (χ0v) is 10.2. The van der Waals surface area contributed by atoms with Crippen LogP contribution < -0.4 is 5.32 Å². The molecule has 1 aromatic rings. The summed E-state index contributed by atoms with van der Waals surface area (Å²) < 4.78 is 4.19. The smallest absolute Gasteiger partial charge is 0.202 e. The second-order valence-electron chi connectivity index (χ2n) is 3.22. The second-order valence-corrected chi connectivity index (χ2v) is 4.72. The quantitative estimate of drug-likeness (QED) is 0.607. The lowest BCUT2D eigenvalue weighted by Gasteiger charge is -2.02. The molecule has 1 aromatic heterocycles. The lowest BCUT2D eigenvalue weighted by atomic mass is 10.2. The summed E-state index contributed by atoms with van der Waals surface area (Å²) in [5, 5.41) is 4.42. The Hall–Kier alpha value is -0.350. The van der Waals surface area contributed by atoms with Crippen LogP contribution in [-0.4, -0.2) is 21.3 Å². The maximum absolute atomic E-state index is 5.83. The van der Waals surface area contributed by atoms with Crippen LogP contribution in [0.4, 0.5) is 5.13 Å². The van der Waals surface area contributed by atoms with Crippen molar-refractivity contribution < 1.29 is 0 Å². The van der Waals surface area contributed by atoms with Crippen LogP contribution >= 0.6 is 23.1 Å². The van der Waals surface area contributed by atoms with E-state index in [9.17, 15) is 0 Å². The first-order chi connectivity index (χ1) is 6.72. The highest BCUT2D eigenvalue weighted by molar-refractivity contribution is 7.09. The van der Waals surface area contributed by atoms with E-state index in [0.29, 0.717) is 0 Å². The number of halogens is 1. The number of hydrogen-bond donors (Lipinski definition) is 1. The van der Waals surface area contributed by atoms with E-state index < -0.39 is 0 Å². The average Bonchev–Trinajstić information content (AvgIpc) is 2.60. The van der Waals surface area contributed by atoms with Gasteiger partial charge in [-0.2, -0.15) is 4.37 Å². The molecule has 0 aliphatic rings. The van der Waals surface area contributed by atoms with Crippen molar-refractivity contribution in [3.63, 3.8) is 0 Å². The van der Waals surface area contributed by atoms with E-state index in [-0.39, 0.29) is 5.38 Å². The predicted molar refractivity (Wildman–Crippen MR) is 62.3 cm³/mol. The molecule has 1 N–H and O–H groups in total. The zero-order valence-electron chi connectivity index (χ0n) is 8.59. The van der Waals surface area contributed by atoms with Gasteiger partial charge < -0.3 is 5.32 Å². The molecule has 0 aromatic carbocycles. The Morgan fingerprint density at radius 1 is 1.57 bits per heavy atom. The van der Waals surface area contributed by atoms with E-state index in [4.69, 9.17) is 11.6 Å². The molecule has 0 aliphatic carbocycles. The molecule has 5 heteroatoms. The van der Waals surface area contributed by atoms with Crippen molar-refractivity contribution in [2.24, 2.45) is 0 Å². The number of nitrogens with zero attached hydrogens (tertiary/aromatic N) is 2. The lowest BCUT2D eigenvalue weighted by Crippen LogP contribution is -2.03. The molecule has 3 nitrogen and oxygen atoms in total. The highest BCUT2D eigenvalue weighted by Crippen LogP contribution is 2.11. The molecule has 14 heavy (non-hydrogen) atoms. The van der Waals surface area contributed by atoms with Gasteiger partial charge >= 0.3 is 0 Å². The number of nitrogens with one attached hydrogen (secondary N) is 1. The summed E-state index contributed by atoms with van der Waals surface area (Å²) >= 11 is 7.26. The van der Waals surface area contributed by atoms with Gasteiger partial charge in [-0.1, -0.05) is 6.92 Å². The van der Waals surface area contributed by atoms with Crippen LogP contribution in [0, 0.1) is 0 Å². The Morgan fingerprint density at radius 2 is 2.36 bits per heavy atom. The fraction of sp³-hybridized carbons (Fsp3) is 0.778. The molecule has 1 rings (SSSR count). The molecule has 0 bridgehead atoms. The van der Waals surface area contributed by atoms with Crippen LogP contribution in [0.5, 0.6) is 0 Å². The molecule has 80 valence electrons.